The number of Topliss-reactive ketones (excluding diaryl/α,β-unsaturated/α-hetero) is 1. The van der Waals surface area contributed by atoms with Gasteiger partial charge in [-0.05, 0) is 49.9 Å². The smallest absolute Gasteiger partial charge is 0.139 e. The molecule has 0 atom stereocenters. The van der Waals surface area contributed by atoms with Gasteiger partial charge in [-0.2, -0.15) is 0 Å². The van der Waals surface area contributed by atoms with E-state index >= 15 is 0 Å². The largest absolute Gasteiger partial charge is 0.493 e. The average Bonchev–Trinajstić information content (AvgIpc) is 2.80. The van der Waals surface area contributed by atoms with Crippen LogP contribution < -0.4 is 4.74 Å². The van der Waals surface area contributed by atoms with E-state index in [-0.39, 0.29) is 0 Å². The number of hydrogen-bond acceptors (Lipinski definition) is 2. The van der Waals surface area contributed by atoms with Crippen LogP contribution >= 0.6 is 0 Å². The maximum atomic E-state index is 11.9. The Bertz CT molecular complexity index is 397. The van der Waals surface area contributed by atoms with Crippen LogP contribution in [0.3, 0.4) is 0 Å². The van der Waals surface area contributed by atoms with Crippen molar-refractivity contribution in [1.82, 2.24) is 0 Å². The van der Waals surface area contributed by atoms with E-state index in [2.05, 4.69) is 19.9 Å². The number of ketones is 1. The van der Waals surface area contributed by atoms with Gasteiger partial charge < -0.3 is 4.74 Å². The summed E-state index contributed by atoms with van der Waals surface area (Å²) in [5.41, 5.74) is 2.40. The zero-order chi connectivity index (χ0) is 13.0. The molecule has 1 saturated carbocycles. The third-order valence-electron chi connectivity index (χ3n) is 3.62. The minimum atomic E-state index is 0.313. The predicted octanol–water partition coefficient (Wildman–Crippen LogP) is 3.83. The minimum absolute atomic E-state index is 0.313. The van der Waals surface area contributed by atoms with Gasteiger partial charge in [0.05, 0.1) is 6.61 Å². The van der Waals surface area contributed by atoms with E-state index in [4.69, 9.17) is 4.74 Å². The summed E-state index contributed by atoms with van der Waals surface area (Å²) in [5.74, 6) is 1.58. The second-order valence-electron chi connectivity index (χ2n) is 5.37. The standard InChI is InChI=1S/C16H22O2/c1-12-9-13(2)11-15(10-12)18-8-7-16(17)14-5-3-4-6-14/h9-11,14H,3-8H2,1-2H3. The van der Waals surface area contributed by atoms with Gasteiger partial charge in [-0.3, -0.25) is 4.79 Å². The number of ether oxygens (including phenoxy) is 1. The van der Waals surface area contributed by atoms with Gasteiger partial charge in [0, 0.05) is 12.3 Å². The van der Waals surface area contributed by atoms with E-state index < -0.39 is 0 Å². The minimum Gasteiger partial charge on any atom is -0.493 e. The Balaban J connectivity index is 1.79. The molecule has 1 aromatic rings. The molecule has 1 aromatic carbocycles. The average molecular weight is 246 g/mol. The van der Waals surface area contributed by atoms with Crippen LogP contribution in [0.15, 0.2) is 18.2 Å². The van der Waals surface area contributed by atoms with Crippen LogP contribution in [0.4, 0.5) is 0 Å². The number of aryl methyl sites for hydroxylation is 2. The van der Waals surface area contributed by atoms with Gasteiger partial charge in [0.15, 0.2) is 0 Å². The van der Waals surface area contributed by atoms with E-state index in [1.807, 2.05) is 12.1 Å². The van der Waals surface area contributed by atoms with Crippen LogP contribution in [0.1, 0.15) is 43.2 Å². The summed E-state index contributed by atoms with van der Waals surface area (Å²) in [6.45, 7) is 4.63. The Hall–Kier alpha value is -1.31. The van der Waals surface area contributed by atoms with Crippen molar-refractivity contribution in [1.29, 1.82) is 0 Å². The number of carbonyl (C=O) groups is 1. The Morgan fingerprint density at radius 3 is 2.39 bits per heavy atom. The van der Waals surface area contributed by atoms with Crippen LogP contribution in [-0.2, 0) is 4.79 Å². The van der Waals surface area contributed by atoms with E-state index in [1.54, 1.807) is 0 Å². The zero-order valence-electron chi connectivity index (χ0n) is 11.4. The lowest BCUT2D eigenvalue weighted by Gasteiger charge is -2.10. The highest BCUT2D eigenvalue weighted by Gasteiger charge is 2.21. The molecule has 0 aromatic heterocycles. The molecule has 0 N–H and O–H groups in total. The van der Waals surface area contributed by atoms with E-state index in [9.17, 15) is 4.79 Å². The normalized spacial score (nSPS) is 15.9. The molecule has 0 unspecified atom stereocenters. The predicted molar refractivity (Wildman–Crippen MR) is 73.0 cm³/mol. The van der Waals surface area contributed by atoms with Crippen molar-refractivity contribution in [2.75, 3.05) is 6.61 Å². The molecular formula is C16H22O2. The second kappa shape index (κ2) is 6.03. The maximum Gasteiger partial charge on any atom is 0.139 e. The van der Waals surface area contributed by atoms with E-state index in [1.165, 1.54) is 24.0 Å². The lowest BCUT2D eigenvalue weighted by atomic mass is 10.0. The molecule has 98 valence electrons. The Morgan fingerprint density at radius 1 is 1.17 bits per heavy atom. The molecule has 0 spiro atoms. The second-order valence-corrected chi connectivity index (χ2v) is 5.37. The lowest BCUT2D eigenvalue weighted by Crippen LogP contribution is -2.14. The van der Waals surface area contributed by atoms with Crippen LogP contribution in [0, 0.1) is 19.8 Å². The molecule has 0 amide bonds. The highest BCUT2D eigenvalue weighted by Crippen LogP contribution is 2.26. The summed E-state index contributed by atoms with van der Waals surface area (Å²) >= 11 is 0. The van der Waals surface area contributed by atoms with Crippen molar-refractivity contribution < 1.29 is 9.53 Å². The van der Waals surface area contributed by atoms with Crippen LogP contribution in [0.25, 0.3) is 0 Å². The Labute approximate surface area is 109 Å². The molecule has 0 heterocycles. The third kappa shape index (κ3) is 3.59. The molecule has 2 nitrogen and oxygen atoms in total. The number of carbonyl (C=O) groups excluding carboxylic acids is 1. The van der Waals surface area contributed by atoms with Gasteiger partial charge in [-0.25, -0.2) is 0 Å². The first-order chi connectivity index (χ1) is 8.65. The molecule has 1 aliphatic carbocycles. The fourth-order valence-electron chi connectivity index (χ4n) is 2.74. The van der Waals surface area contributed by atoms with Crippen molar-refractivity contribution in [3.63, 3.8) is 0 Å². The summed E-state index contributed by atoms with van der Waals surface area (Å²) < 4.78 is 5.68. The van der Waals surface area contributed by atoms with Gasteiger partial charge in [-0.15, -0.1) is 0 Å². The first kappa shape index (κ1) is 13.1. The molecule has 18 heavy (non-hydrogen) atoms. The quantitative estimate of drug-likeness (QED) is 0.789. The Morgan fingerprint density at radius 2 is 1.78 bits per heavy atom. The summed E-state index contributed by atoms with van der Waals surface area (Å²) in [6, 6.07) is 6.16. The molecule has 1 aliphatic rings. The maximum absolute atomic E-state index is 11.9. The molecule has 0 radical (unpaired) electrons. The first-order valence-electron chi connectivity index (χ1n) is 6.89. The summed E-state index contributed by atoms with van der Waals surface area (Å²) in [4.78, 5) is 11.9. The highest BCUT2D eigenvalue weighted by molar-refractivity contribution is 5.81. The molecule has 2 heteroatoms. The van der Waals surface area contributed by atoms with Crippen molar-refractivity contribution >= 4 is 5.78 Å². The summed E-state index contributed by atoms with van der Waals surface area (Å²) in [6.07, 6.45) is 5.16. The molecule has 0 saturated heterocycles. The first-order valence-corrected chi connectivity index (χ1v) is 6.89. The topological polar surface area (TPSA) is 26.3 Å². The van der Waals surface area contributed by atoms with Crippen molar-refractivity contribution in [2.45, 2.75) is 46.0 Å². The van der Waals surface area contributed by atoms with Gasteiger partial charge in [0.25, 0.3) is 0 Å². The van der Waals surface area contributed by atoms with Crippen LogP contribution in [0.2, 0.25) is 0 Å². The van der Waals surface area contributed by atoms with E-state index in [0.717, 1.165) is 18.6 Å². The molecular weight excluding hydrogens is 224 g/mol. The number of benzene rings is 1. The summed E-state index contributed by atoms with van der Waals surface area (Å²) in [5, 5.41) is 0. The van der Waals surface area contributed by atoms with Gasteiger partial charge in [0.2, 0.25) is 0 Å². The fourth-order valence-corrected chi connectivity index (χ4v) is 2.74. The lowest BCUT2D eigenvalue weighted by molar-refractivity contribution is -0.123. The molecule has 0 aliphatic heterocycles. The SMILES string of the molecule is Cc1cc(C)cc(OCCC(=O)C2CCCC2)c1. The number of rotatable bonds is 5. The fraction of sp³-hybridized carbons (Fsp3) is 0.562. The van der Waals surface area contributed by atoms with E-state index in [0.29, 0.717) is 24.7 Å². The zero-order valence-corrected chi connectivity index (χ0v) is 11.4. The van der Waals surface area contributed by atoms with Gasteiger partial charge in [-0.1, -0.05) is 18.9 Å². The number of hydrogen-bond donors (Lipinski definition) is 0. The van der Waals surface area contributed by atoms with Gasteiger partial charge in [0.1, 0.15) is 11.5 Å². The molecule has 2 rings (SSSR count). The highest BCUT2D eigenvalue weighted by atomic mass is 16.5. The van der Waals surface area contributed by atoms with Gasteiger partial charge >= 0.3 is 0 Å². The molecule has 0 bridgehead atoms. The van der Waals surface area contributed by atoms with Crippen molar-refractivity contribution in [2.24, 2.45) is 5.92 Å². The van der Waals surface area contributed by atoms with Crippen molar-refractivity contribution in [3.8, 4) is 5.75 Å². The Kier molecular flexibility index (Phi) is 4.40. The molecule has 1 fully saturated rings. The summed E-state index contributed by atoms with van der Waals surface area (Å²) in [7, 11) is 0. The van der Waals surface area contributed by atoms with Crippen molar-refractivity contribution in [3.05, 3.63) is 29.3 Å². The van der Waals surface area contributed by atoms with Crippen LogP contribution in [-0.4, -0.2) is 12.4 Å². The third-order valence-corrected chi connectivity index (χ3v) is 3.62. The van der Waals surface area contributed by atoms with Crippen LogP contribution in [0.5, 0.6) is 5.75 Å². The monoisotopic (exact) mass is 246 g/mol.